The van der Waals surface area contributed by atoms with E-state index in [-0.39, 0.29) is 12.3 Å². The maximum absolute atomic E-state index is 12.3. The van der Waals surface area contributed by atoms with Crippen LogP contribution < -0.4 is 5.32 Å². The molecular weight excluding hydrogens is 270 g/mol. The summed E-state index contributed by atoms with van der Waals surface area (Å²) in [6, 6.07) is 6.76. The van der Waals surface area contributed by atoms with Gasteiger partial charge in [0.15, 0.2) is 0 Å². The Morgan fingerprint density at radius 3 is 2.33 bits per heavy atom. The van der Waals surface area contributed by atoms with Crippen LogP contribution in [0.5, 0.6) is 0 Å². The minimum absolute atomic E-state index is 0.0327. The predicted octanol–water partition coefficient (Wildman–Crippen LogP) is 1.92. The molecule has 21 heavy (non-hydrogen) atoms. The summed E-state index contributed by atoms with van der Waals surface area (Å²) in [5, 5.41) is 15.7. The van der Waals surface area contributed by atoms with Crippen molar-refractivity contribution in [3.05, 3.63) is 46.8 Å². The van der Waals surface area contributed by atoms with E-state index in [0.29, 0.717) is 22.5 Å². The average Bonchev–Trinajstić information content (AvgIpc) is 2.65. The summed E-state index contributed by atoms with van der Waals surface area (Å²) in [5.74, 6) is -1.10. The number of amides is 1. The zero-order chi connectivity index (χ0) is 15.6. The van der Waals surface area contributed by atoms with E-state index in [0.717, 1.165) is 5.69 Å². The second-order valence-electron chi connectivity index (χ2n) is 4.89. The van der Waals surface area contributed by atoms with Gasteiger partial charge in [0.1, 0.15) is 0 Å². The van der Waals surface area contributed by atoms with Crippen LogP contribution in [0.3, 0.4) is 0 Å². The Bertz CT molecular complexity index is 687. The summed E-state index contributed by atoms with van der Waals surface area (Å²) >= 11 is 0. The number of nitrogens with zero attached hydrogens (tertiary/aromatic N) is 2. The van der Waals surface area contributed by atoms with Crippen molar-refractivity contribution in [1.29, 1.82) is 0 Å². The molecule has 1 amide bonds. The molecule has 1 aromatic carbocycles. The molecule has 0 aliphatic carbocycles. The highest BCUT2D eigenvalue weighted by atomic mass is 16.4. The van der Waals surface area contributed by atoms with Gasteiger partial charge in [0.25, 0.3) is 5.91 Å². The molecule has 6 heteroatoms. The van der Waals surface area contributed by atoms with Crippen molar-refractivity contribution >= 4 is 17.6 Å². The molecule has 0 aliphatic rings. The van der Waals surface area contributed by atoms with Crippen molar-refractivity contribution in [3.8, 4) is 0 Å². The summed E-state index contributed by atoms with van der Waals surface area (Å²) in [4.78, 5) is 22.9. The molecule has 110 valence electrons. The fourth-order valence-electron chi connectivity index (χ4n) is 2.18. The summed E-state index contributed by atoms with van der Waals surface area (Å²) in [6.07, 6.45) is -0.0327. The highest BCUT2D eigenvalue weighted by Crippen LogP contribution is 2.16. The lowest BCUT2D eigenvalue weighted by atomic mass is 10.1. The van der Waals surface area contributed by atoms with Gasteiger partial charge >= 0.3 is 5.97 Å². The van der Waals surface area contributed by atoms with Crippen molar-refractivity contribution in [2.45, 2.75) is 20.3 Å². The summed E-state index contributed by atoms with van der Waals surface area (Å²) in [7, 11) is 1.79. The fraction of sp³-hybridized carbons (Fsp3) is 0.267. The number of aliphatic carboxylic acids is 1. The first-order chi connectivity index (χ1) is 9.88. The van der Waals surface area contributed by atoms with Crippen LogP contribution in [0.2, 0.25) is 0 Å². The second-order valence-corrected chi connectivity index (χ2v) is 4.89. The van der Waals surface area contributed by atoms with Crippen LogP contribution in [0.1, 0.15) is 27.3 Å². The van der Waals surface area contributed by atoms with E-state index in [1.54, 1.807) is 42.9 Å². The molecule has 0 saturated carbocycles. The van der Waals surface area contributed by atoms with E-state index in [1.165, 1.54) is 0 Å². The zero-order valence-corrected chi connectivity index (χ0v) is 12.2. The molecule has 2 N–H and O–H groups in total. The summed E-state index contributed by atoms with van der Waals surface area (Å²) < 4.78 is 1.67. The van der Waals surface area contributed by atoms with Gasteiger partial charge in [0, 0.05) is 18.4 Å². The van der Waals surface area contributed by atoms with Crippen molar-refractivity contribution in [1.82, 2.24) is 9.78 Å². The van der Waals surface area contributed by atoms with Crippen LogP contribution in [0, 0.1) is 13.8 Å². The van der Waals surface area contributed by atoms with E-state index in [4.69, 9.17) is 5.11 Å². The number of anilines is 1. The normalized spacial score (nSPS) is 10.4. The highest BCUT2D eigenvalue weighted by Gasteiger charge is 2.17. The molecule has 0 saturated heterocycles. The lowest BCUT2D eigenvalue weighted by molar-refractivity contribution is -0.136. The predicted molar refractivity (Wildman–Crippen MR) is 78.4 cm³/mol. The lowest BCUT2D eigenvalue weighted by Gasteiger charge is -2.06. The lowest BCUT2D eigenvalue weighted by Crippen LogP contribution is -2.14. The molecule has 0 aliphatic heterocycles. The summed E-state index contributed by atoms with van der Waals surface area (Å²) in [5.41, 5.74) is 3.35. The number of benzene rings is 1. The van der Waals surface area contributed by atoms with Crippen molar-refractivity contribution in [2.75, 3.05) is 5.32 Å². The Hall–Kier alpha value is -2.63. The third-order valence-corrected chi connectivity index (χ3v) is 3.30. The third-order valence-electron chi connectivity index (χ3n) is 3.30. The van der Waals surface area contributed by atoms with Crippen LogP contribution in [-0.2, 0) is 18.3 Å². The first kappa shape index (κ1) is 14.8. The van der Waals surface area contributed by atoms with Crippen molar-refractivity contribution in [3.63, 3.8) is 0 Å². The molecular formula is C15H17N3O3. The number of carbonyl (C=O) groups excluding carboxylic acids is 1. The molecule has 2 aromatic rings. The standard InChI is InChI=1S/C15H17N3O3/c1-9-14(10(2)18(3)17-9)15(21)16-12-6-4-11(5-7-12)8-13(19)20/h4-7H,8H2,1-3H3,(H,16,21)(H,19,20). The highest BCUT2D eigenvalue weighted by molar-refractivity contribution is 6.05. The Balaban J connectivity index is 2.14. The van der Waals surface area contributed by atoms with Crippen molar-refractivity contribution < 1.29 is 14.7 Å². The van der Waals surface area contributed by atoms with Crippen LogP contribution in [-0.4, -0.2) is 26.8 Å². The Labute approximate surface area is 122 Å². The zero-order valence-electron chi connectivity index (χ0n) is 12.2. The number of rotatable bonds is 4. The van der Waals surface area contributed by atoms with E-state index < -0.39 is 5.97 Å². The topological polar surface area (TPSA) is 84.2 Å². The monoisotopic (exact) mass is 287 g/mol. The van der Waals surface area contributed by atoms with Crippen LogP contribution >= 0.6 is 0 Å². The minimum atomic E-state index is -0.881. The molecule has 0 unspecified atom stereocenters. The number of aromatic nitrogens is 2. The Kier molecular flexibility index (Phi) is 4.07. The van der Waals surface area contributed by atoms with E-state index >= 15 is 0 Å². The molecule has 0 bridgehead atoms. The van der Waals surface area contributed by atoms with Gasteiger partial charge in [-0.2, -0.15) is 5.10 Å². The summed E-state index contributed by atoms with van der Waals surface area (Å²) in [6.45, 7) is 3.63. The number of carbonyl (C=O) groups is 2. The average molecular weight is 287 g/mol. The molecule has 6 nitrogen and oxygen atoms in total. The van der Waals surface area contributed by atoms with Gasteiger partial charge in [-0.15, -0.1) is 0 Å². The van der Waals surface area contributed by atoms with Gasteiger partial charge in [-0.25, -0.2) is 0 Å². The van der Waals surface area contributed by atoms with Gasteiger partial charge in [0.05, 0.1) is 17.7 Å². The van der Waals surface area contributed by atoms with Crippen LogP contribution in [0.25, 0.3) is 0 Å². The first-order valence-corrected chi connectivity index (χ1v) is 6.50. The first-order valence-electron chi connectivity index (χ1n) is 6.50. The van der Waals surface area contributed by atoms with Gasteiger partial charge in [-0.3, -0.25) is 14.3 Å². The quantitative estimate of drug-likeness (QED) is 0.899. The van der Waals surface area contributed by atoms with E-state index in [9.17, 15) is 9.59 Å². The number of hydrogen-bond acceptors (Lipinski definition) is 3. The number of carboxylic acids is 1. The number of aryl methyl sites for hydroxylation is 2. The number of nitrogens with one attached hydrogen (secondary N) is 1. The van der Waals surface area contributed by atoms with E-state index in [2.05, 4.69) is 10.4 Å². The van der Waals surface area contributed by atoms with Gasteiger partial charge in [-0.05, 0) is 31.5 Å². The molecule has 0 spiro atoms. The number of carboxylic acid groups (broad SMARTS) is 1. The minimum Gasteiger partial charge on any atom is -0.481 e. The third kappa shape index (κ3) is 3.28. The Morgan fingerprint density at radius 2 is 1.86 bits per heavy atom. The largest absolute Gasteiger partial charge is 0.481 e. The maximum atomic E-state index is 12.3. The fourth-order valence-corrected chi connectivity index (χ4v) is 2.18. The van der Waals surface area contributed by atoms with E-state index in [1.807, 2.05) is 6.92 Å². The molecule has 0 fully saturated rings. The molecule has 0 atom stereocenters. The maximum Gasteiger partial charge on any atom is 0.307 e. The smallest absolute Gasteiger partial charge is 0.307 e. The Morgan fingerprint density at radius 1 is 1.24 bits per heavy atom. The number of hydrogen-bond donors (Lipinski definition) is 2. The second kappa shape index (κ2) is 5.78. The van der Waals surface area contributed by atoms with Crippen LogP contribution in [0.4, 0.5) is 5.69 Å². The molecule has 1 heterocycles. The van der Waals surface area contributed by atoms with Crippen LogP contribution in [0.15, 0.2) is 24.3 Å². The molecule has 0 radical (unpaired) electrons. The molecule has 2 rings (SSSR count). The van der Waals surface area contributed by atoms with Gasteiger partial charge < -0.3 is 10.4 Å². The molecule has 1 aromatic heterocycles. The van der Waals surface area contributed by atoms with Gasteiger partial charge in [-0.1, -0.05) is 12.1 Å². The van der Waals surface area contributed by atoms with Crippen molar-refractivity contribution in [2.24, 2.45) is 7.05 Å². The SMILES string of the molecule is Cc1nn(C)c(C)c1C(=O)Nc1ccc(CC(=O)O)cc1. The van der Waals surface area contributed by atoms with Gasteiger partial charge in [0.2, 0.25) is 0 Å².